The first-order valence-corrected chi connectivity index (χ1v) is 11.4. The molecule has 0 fully saturated rings. The van der Waals surface area contributed by atoms with E-state index in [1.807, 2.05) is 0 Å². The number of benzene rings is 1. The maximum Gasteiger partial charge on any atom is 0.0658 e. The van der Waals surface area contributed by atoms with Gasteiger partial charge >= 0.3 is 0 Å². The summed E-state index contributed by atoms with van der Waals surface area (Å²) in [6.07, 6.45) is 11.4. The van der Waals surface area contributed by atoms with Crippen LogP contribution in [0.4, 0.5) is 0 Å². The van der Waals surface area contributed by atoms with Crippen LogP contribution in [0.5, 0.6) is 0 Å². The molecule has 5 heterocycles. The van der Waals surface area contributed by atoms with Gasteiger partial charge < -0.3 is 9.97 Å². The molecular formula is C29H24N4. The lowest BCUT2D eigenvalue weighted by Crippen LogP contribution is -1.89. The summed E-state index contributed by atoms with van der Waals surface area (Å²) in [5.74, 6) is 0. The molecule has 0 atom stereocenters. The van der Waals surface area contributed by atoms with Crippen LogP contribution in [0.1, 0.15) is 40.3 Å². The number of fused-ring (bicyclic) bond motifs is 8. The molecule has 4 nitrogen and oxygen atoms in total. The zero-order chi connectivity index (χ0) is 22.0. The van der Waals surface area contributed by atoms with Gasteiger partial charge in [0.25, 0.3) is 0 Å². The Labute approximate surface area is 192 Å². The molecule has 2 aliphatic rings. The van der Waals surface area contributed by atoms with Crippen LogP contribution in [0, 0.1) is 0 Å². The van der Waals surface area contributed by atoms with Crippen LogP contribution < -0.4 is 0 Å². The van der Waals surface area contributed by atoms with Crippen molar-refractivity contribution in [1.29, 1.82) is 0 Å². The standard InChI is InChI=1S/C29H24N4/c1-2-5-20(6-3-1)7-4-8-21-15-28-18-26-12-11-24(31-26)16-22-9-10-23(30-22)17-25-13-14-27(32-25)19-29(21)33-28/h1-3,5-6,9-19,30,33H,4,7-8H2. The van der Waals surface area contributed by atoms with Gasteiger partial charge in [-0.25, -0.2) is 9.97 Å². The van der Waals surface area contributed by atoms with E-state index in [2.05, 4.69) is 107 Å². The molecule has 0 radical (unpaired) electrons. The van der Waals surface area contributed by atoms with Gasteiger partial charge in [-0.2, -0.15) is 0 Å². The second kappa shape index (κ2) is 8.40. The van der Waals surface area contributed by atoms with Crippen LogP contribution in [0.2, 0.25) is 0 Å². The van der Waals surface area contributed by atoms with Crippen molar-refractivity contribution in [2.24, 2.45) is 0 Å². The molecular weight excluding hydrogens is 404 g/mol. The van der Waals surface area contributed by atoms with Gasteiger partial charge in [0.15, 0.2) is 0 Å². The number of aromatic amines is 2. The van der Waals surface area contributed by atoms with Gasteiger partial charge in [0.1, 0.15) is 0 Å². The molecule has 8 bridgehead atoms. The maximum atomic E-state index is 4.80. The predicted octanol–water partition coefficient (Wildman–Crippen LogP) is 6.83. The van der Waals surface area contributed by atoms with Crippen molar-refractivity contribution in [1.82, 2.24) is 19.9 Å². The monoisotopic (exact) mass is 428 g/mol. The van der Waals surface area contributed by atoms with E-state index < -0.39 is 0 Å². The summed E-state index contributed by atoms with van der Waals surface area (Å²) in [6.45, 7) is 0. The van der Waals surface area contributed by atoms with E-state index >= 15 is 0 Å². The molecule has 160 valence electrons. The molecule has 0 spiro atoms. The van der Waals surface area contributed by atoms with Crippen molar-refractivity contribution in [3.63, 3.8) is 0 Å². The second-order valence-corrected chi connectivity index (χ2v) is 8.54. The van der Waals surface area contributed by atoms with E-state index in [9.17, 15) is 0 Å². The molecule has 0 saturated heterocycles. The summed E-state index contributed by atoms with van der Waals surface area (Å²) in [5.41, 5.74) is 10.7. The zero-order valence-corrected chi connectivity index (χ0v) is 18.3. The van der Waals surface area contributed by atoms with Gasteiger partial charge in [0, 0.05) is 22.1 Å². The normalized spacial score (nSPS) is 12.4. The summed E-state index contributed by atoms with van der Waals surface area (Å²) in [4.78, 5) is 16.6. The Balaban J connectivity index is 1.45. The number of aromatic nitrogens is 4. The highest BCUT2D eigenvalue weighted by atomic mass is 14.8. The highest BCUT2D eigenvalue weighted by molar-refractivity contribution is 5.78. The average molecular weight is 429 g/mol. The molecule has 6 rings (SSSR count). The molecule has 0 saturated carbocycles. The third-order valence-electron chi connectivity index (χ3n) is 6.01. The molecule has 1 aromatic carbocycles. The number of aryl methyl sites for hydroxylation is 2. The van der Waals surface area contributed by atoms with Gasteiger partial charge in [0.05, 0.1) is 22.8 Å². The third-order valence-corrected chi connectivity index (χ3v) is 6.01. The van der Waals surface area contributed by atoms with E-state index in [1.165, 1.54) is 11.1 Å². The third kappa shape index (κ3) is 4.41. The van der Waals surface area contributed by atoms with Gasteiger partial charge in [-0.15, -0.1) is 0 Å². The van der Waals surface area contributed by atoms with Gasteiger partial charge in [-0.1, -0.05) is 30.3 Å². The lowest BCUT2D eigenvalue weighted by molar-refractivity contribution is 0.826. The summed E-state index contributed by atoms with van der Waals surface area (Å²) < 4.78 is 0. The number of hydrogen-bond acceptors (Lipinski definition) is 2. The number of nitrogens with zero attached hydrogens (tertiary/aromatic N) is 2. The fraction of sp³-hybridized carbons (Fsp3) is 0.103. The van der Waals surface area contributed by atoms with Crippen LogP contribution in [0.3, 0.4) is 0 Å². The van der Waals surface area contributed by atoms with Crippen LogP contribution >= 0.6 is 0 Å². The Morgan fingerprint density at radius 1 is 0.545 bits per heavy atom. The van der Waals surface area contributed by atoms with Crippen molar-refractivity contribution < 1.29 is 0 Å². The first-order chi connectivity index (χ1) is 16.3. The molecule has 0 aliphatic carbocycles. The number of hydrogen-bond donors (Lipinski definition) is 2. The minimum atomic E-state index is 0.942. The van der Waals surface area contributed by atoms with E-state index in [0.29, 0.717) is 0 Å². The Hall–Kier alpha value is -4.18. The summed E-state index contributed by atoms with van der Waals surface area (Å²) in [7, 11) is 0. The summed E-state index contributed by atoms with van der Waals surface area (Å²) in [5, 5.41) is 0. The SMILES string of the molecule is C1=Cc2cc3cc(CCCc4ccccc4)c(cc4nc(cc5ccc(cc1n2)[nH]5)C=C4)[nH]3. The van der Waals surface area contributed by atoms with Crippen molar-refractivity contribution in [2.75, 3.05) is 0 Å². The minimum Gasteiger partial charge on any atom is -0.355 e. The molecule has 2 N–H and O–H groups in total. The lowest BCUT2D eigenvalue weighted by atomic mass is 10.0. The molecule has 3 aromatic heterocycles. The van der Waals surface area contributed by atoms with Gasteiger partial charge in [-0.05, 0) is 97.2 Å². The predicted molar refractivity (Wildman–Crippen MR) is 137 cm³/mol. The van der Waals surface area contributed by atoms with Crippen molar-refractivity contribution in [2.45, 2.75) is 19.3 Å². The Morgan fingerprint density at radius 2 is 1.15 bits per heavy atom. The van der Waals surface area contributed by atoms with E-state index in [0.717, 1.165) is 64.1 Å². The Bertz CT molecular complexity index is 1530. The van der Waals surface area contributed by atoms with Crippen LogP contribution in [-0.4, -0.2) is 19.9 Å². The van der Waals surface area contributed by atoms with Crippen LogP contribution in [0.25, 0.3) is 46.4 Å². The van der Waals surface area contributed by atoms with E-state index in [1.54, 1.807) is 0 Å². The van der Waals surface area contributed by atoms with E-state index in [-0.39, 0.29) is 0 Å². The number of H-pyrrole nitrogens is 2. The van der Waals surface area contributed by atoms with Crippen molar-refractivity contribution >= 4 is 46.4 Å². The van der Waals surface area contributed by atoms with Crippen molar-refractivity contribution in [3.8, 4) is 0 Å². The highest BCUT2D eigenvalue weighted by Crippen LogP contribution is 2.21. The van der Waals surface area contributed by atoms with Gasteiger partial charge in [0.2, 0.25) is 0 Å². The first kappa shape index (κ1) is 19.5. The quantitative estimate of drug-likeness (QED) is 0.323. The molecule has 0 unspecified atom stereocenters. The molecule has 33 heavy (non-hydrogen) atoms. The second-order valence-electron chi connectivity index (χ2n) is 8.54. The van der Waals surface area contributed by atoms with Gasteiger partial charge in [-0.3, -0.25) is 0 Å². The first-order valence-electron chi connectivity index (χ1n) is 11.4. The zero-order valence-electron chi connectivity index (χ0n) is 18.3. The largest absolute Gasteiger partial charge is 0.355 e. The fourth-order valence-corrected chi connectivity index (χ4v) is 4.41. The molecule has 2 aliphatic heterocycles. The lowest BCUT2D eigenvalue weighted by Gasteiger charge is -2.01. The Kier molecular flexibility index (Phi) is 4.96. The Morgan fingerprint density at radius 3 is 1.82 bits per heavy atom. The van der Waals surface area contributed by atoms with Crippen LogP contribution in [0.15, 0.2) is 72.8 Å². The van der Waals surface area contributed by atoms with E-state index in [4.69, 9.17) is 9.97 Å². The summed E-state index contributed by atoms with van der Waals surface area (Å²) in [6, 6.07) is 25.5. The fourth-order valence-electron chi connectivity index (χ4n) is 4.41. The minimum absolute atomic E-state index is 0.942. The van der Waals surface area contributed by atoms with Crippen molar-refractivity contribution in [3.05, 3.63) is 107 Å². The molecule has 4 aromatic rings. The average Bonchev–Trinajstić information content (AvgIpc) is 3.60. The maximum absolute atomic E-state index is 4.80. The topological polar surface area (TPSA) is 57.4 Å². The summed E-state index contributed by atoms with van der Waals surface area (Å²) >= 11 is 0. The highest BCUT2D eigenvalue weighted by Gasteiger charge is 2.06. The van der Waals surface area contributed by atoms with Crippen LogP contribution in [-0.2, 0) is 12.8 Å². The number of rotatable bonds is 4. The molecule has 0 amide bonds. The number of nitrogens with one attached hydrogen (secondary N) is 2. The molecule has 4 heteroatoms. The smallest absolute Gasteiger partial charge is 0.0658 e.